The second-order valence-corrected chi connectivity index (χ2v) is 28.0. The van der Waals surface area contributed by atoms with Crippen molar-refractivity contribution >= 4 is 72.0 Å². The van der Waals surface area contributed by atoms with Gasteiger partial charge in [-0.1, -0.05) is 180 Å². The topological polar surface area (TPSA) is 56.5 Å². The van der Waals surface area contributed by atoms with E-state index in [0.717, 1.165) is 62.0 Å². The Balaban J connectivity index is 0.000000201. The maximum absolute atomic E-state index is 14.7. The fourth-order valence-electron chi connectivity index (χ4n) is 11.2. The molecule has 5 aromatic heterocycles. The Labute approximate surface area is 476 Å². The molecular weight excluding hydrogens is 1160 g/mol. The quantitative estimate of drug-likeness (QED) is 0.107. The Bertz CT molecular complexity index is 4050. The summed E-state index contributed by atoms with van der Waals surface area (Å²) in [5.41, 5.74) is 12.8. The van der Waals surface area contributed by atoms with Crippen LogP contribution in [-0.4, -0.2) is 32.6 Å². The average molecular weight is 1230 g/mol. The van der Waals surface area contributed by atoms with Crippen LogP contribution in [0.15, 0.2) is 152 Å². The third-order valence-corrected chi connectivity index (χ3v) is 20.0. The summed E-state index contributed by atoms with van der Waals surface area (Å²) in [6.45, 7) is 15.5. The van der Waals surface area contributed by atoms with Gasteiger partial charge in [-0.3, -0.25) is 14.4 Å². The van der Waals surface area contributed by atoms with Gasteiger partial charge in [-0.15, -0.1) is 42.0 Å². The molecule has 0 atom stereocenters. The van der Waals surface area contributed by atoms with Crippen LogP contribution in [0.2, 0.25) is 13.1 Å². The number of pyridine rings is 3. The number of benzene rings is 6. The molecule has 0 aliphatic heterocycles. The van der Waals surface area contributed by atoms with Gasteiger partial charge in [0.05, 0.1) is 22.4 Å². The molecule has 0 unspecified atom stereocenters. The maximum Gasteiger partial charge on any atom is 0.114 e. The predicted molar refractivity (Wildman–Crippen MR) is 321 cm³/mol. The Morgan fingerprint density at radius 1 is 0.779 bits per heavy atom. The number of hydrogen-bond donors (Lipinski definition) is 0. The van der Waals surface area contributed by atoms with E-state index >= 15 is 0 Å². The number of thiophene rings is 1. The fraction of sp³-hybridized carbons (Fsp3) is 0.265. The van der Waals surface area contributed by atoms with Gasteiger partial charge in [0.1, 0.15) is 12.9 Å². The Kier molecular flexibility index (Phi) is 14.4. The first kappa shape index (κ1) is 50.0. The smallest absolute Gasteiger partial charge is 0.114 e. The minimum atomic E-state index is -2.36. The second-order valence-electron chi connectivity index (χ2n) is 22.6. The molecule has 11 aromatic rings. The molecule has 9 heteroatoms. The van der Waals surface area contributed by atoms with Crippen LogP contribution in [0.3, 0.4) is 0 Å². The summed E-state index contributed by atoms with van der Waals surface area (Å²) < 4.78 is 40.7. The maximum atomic E-state index is 14.7. The van der Waals surface area contributed by atoms with Crippen LogP contribution in [-0.2, 0) is 31.9 Å². The number of fused-ring (bicyclic) bond motifs is 6. The molecule has 6 aromatic carbocycles. The van der Waals surface area contributed by atoms with E-state index in [4.69, 9.17) is 19.1 Å². The van der Waals surface area contributed by atoms with Crippen LogP contribution < -0.4 is 10.4 Å². The van der Waals surface area contributed by atoms with Crippen LogP contribution >= 0.6 is 11.3 Å². The summed E-state index contributed by atoms with van der Waals surface area (Å²) in [5, 5.41) is 6.07. The Hall–Kier alpha value is -6.48. The molecule has 1 radical (unpaired) electrons. The van der Waals surface area contributed by atoms with Crippen molar-refractivity contribution in [3.63, 3.8) is 0 Å². The van der Waals surface area contributed by atoms with Gasteiger partial charge in [0.25, 0.3) is 0 Å². The first-order chi connectivity index (χ1) is 37.8. The van der Waals surface area contributed by atoms with Crippen molar-refractivity contribution in [2.24, 2.45) is 5.92 Å². The van der Waals surface area contributed by atoms with Crippen LogP contribution in [0.5, 0.6) is 0 Å². The Morgan fingerprint density at radius 3 is 2.25 bits per heavy atom. The molecule has 0 spiro atoms. The van der Waals surface area contributed by atoms with E-state index in [-0.39, 0.29) is 36.6 Å². The summed E-state index contributed by atoms with van der Waals surface area (Å²) in [6.07, 6.45) is 9.19. The SMILES string of the molecule is Cc1ccc2c(ccc3nc(-c4[c-]ccc5c4sc4nc(C6CCCCC6)ccc45)n(-c4ccc(C(C)(C)C)cc4-c4ccccc4)c32)n1.[2H]C([2H])([2H])c1c[c-]c(-c2cc(CC(C)C)c([Si](C)(C)c3ccccc3)cn2)c(F)c1.[Ir]. The molecule has 0 saturated heterocycles. The third-order valence-electron chi connectivity index (χ3n) is 15.3. The van der Waals surface area contributed by atoms with Gasteiger partial charge in [0, 0.05) is 70.2 Å². The van der Waals surface area contributed by atoms with Gasteiger partial charge in [0.2, 0.25) is 0 Å². The van der Waals surface area contributed by atoms with Crippen molar-refractivity contribution in [1.82, 2.24) is 24.5 Å². The molecule has 12 rings (SSSR count). The van der Waals surface area contributed by atoms with Gasteiger partial charge in [-0.25, -0.2) is 4.98 Å². The molecule has 77 heavy (non-hydrogen) atoms. The van der Waals surface area contributed by atoms with E-state index in [2.05, 4.69) is 198 Å². The van der Waals surface area contributed by atoms with Crippen molar-refractivity contribution in [2.75, 3.05) is 0 Å². The minimum absolute atomic E-state index is 0. The summed E-state index contributed by atoms with van der Waals surface area (Å²) in [6, 6.07) is 56.4. The van der Waals surface area contributed by atoms with Crippen molar-refractivity contribution in [3.05, 3.63) is 198 Å². The van der Waals surface area contributed by atoms with Crippen molar-refractivity contribution in [1.29, 1.82) is 0 Å². The van der Waals surface area contributed by atoms with Gasteiger partial charge >= 0.3 is 0 Å². The molecule has 5 heterocycles. The van der Waals surface area contributed by atoms with Crippen LogP contribution in [0.25, 0.3) is 81.7 Å². The van der Waals surface area contributed by atoms with Crippen LogP contribution in [0.4, 0.5) is 4.39 Å². The number of hydrogen-bond acceptors (Lipinski definition) is 5. The first-order valence-corrected chi connectivity index (χ1v) is 30.7. The van der Waals surface area contributed by atoms with E-state index in [1.54, 1.807) is 11.3 Å². The van der Waals surface area contributed by atoms with E-state index in [1.807, 2.05) is 18.3 Å². The first-order valence-electron chi connectivity index (χ1n) is 28.3. The van der Waals surface area contributed by atoms with Crippen molar-refractivity contribution in [2.45, 2.75) is 111 Å². The summed E-state index contributed by atoms with van der Waals surface area (Å²) in [4.78, 5) is 21.4. The number of rotatable bonds is 9. The zero-order chi connectivity index (χ0) is 55.4. The van der Waals surface area contributed by atoms with Gasteiger partial charge in [-0.05, 0) is 112 Å². The van der Waals surface area contributed by atoms with Gasteiger partial charge in [0.15, 0.2) is 0 Å². The molecule has 0 amide bonds. The van der Waals surface area contributed by atoms with E-state index in [0.29, 0.717) is 17.5 Å². The summed E-state index contributed by atoms with van der Waals surface area (Å²) in [7, 11) is -1.98. The molecule has 1 fully saturated rings. The van der Waals surface area contributed by atoms with Crippen molar-refractivity contribution < 1.29 is 28.6 Å². The minimum Gasteiger partial charge on any atom is -0.332 e. The number of imidazole rings is 1. The molecule has 1 aliphatic rings. The number of nitrogens with zero attached hydrogens (tertiary/aromatic N) is 5. The van der Waals surface area contributed by atoms with E-state index < -0.39 is 20.7 Å². The van der Waals surface area contributed by atoms with E-state index in [9.17, 15) is 4.39 Å². The molecule has 5 nitrogen and oxygen atoms in total. The molecule has 1 aliphatic carbocycles. The third kappa shape index (κ3) is 10.8. The van der Waals surface area contributed by atoms with Gasteiger partial charge in [-0.2, -0.15) is 11.3 Å². The standard InChI is InChI=1S/C44H39N4S.C24H27FNSi.Ir/c1-27-18-20-33-37(45-27)23-24-38-40(33)48(39-25-19-30(44(2,3)4)26-35(39)28-12-7-5-8-13-28)42(46-38)34-17-11-16-31-32-21-22-36(29-14-9-6-10-15-29)47-43(32)49-41(31)34;1-17(2)13-19-15-23(21-12-11-18(3)14-22(21)25)26-16-24(19)27(4,5)20-9-7-6-8-10-20;/h5,7-8,11-13,16,18-26,29H,6,9-10,14-15H2,1-4H3;6-11,14-17H,13H2,1-5H3;/q2*-1;/i;3D3;. The van der Waals surface area contributed by atoms with Crippen molar-refractivity contribution in [3.8, 4) is 39.5 Å². The average Bonchev–Trinajstić information content (AvgIpc) is 4.04. The molecule has 0 bridgehead atoms. The molecule has 0 N–H and O–H groups in total. The largest absolute Gasteiger partial charge is 0.332 e. The molecule has 391 valence electrons. The number of aryl methyl sites for hydroxylation is 2. The number of aromatic nitrogens is 5. The molecular formula is C68H66FIrN5SSi-2. The van der Waals surface area contributed by atoms with Gasteiger partial charge < -0.3 is 9.55 Å². The summed E-state index contributed by atoms with van der Waals surface area (Å²) >= 11 is 1.78. The summed E-state index contributed by atoms with van der Waals surface area (Å²) in [5.74, 6) is 1.27. The fourth-order valence-corrected chi connectivity index (χ4v) is 15.1. The normalized spacial score (nSPS) is 14.1. The van der Waals surface area contributed by atoms with E-state index in [1.165, 1.54) is 92.0 Å². The zero-order valence-corrected chi connectivity index (χ0v) is 49.4. The molecule has 1 saturated carbocycles. The number of halogens is 1. The predicted octanol–water partition coefficient (Wildman–Crippen LogP) is 17.1. The second kappa shape index (κ2) is 22.1. The Morgan fingerprint density at radius 2 is 1.52 bits per heavy atom. The van der Waals surface area contributed by atoms with Crippen LogP contribution in [0.1, 0.15) is 105 Å². The monoisotopic (exact) mass is 1230 g/mol. The van der Waals surface area contributed by atoms with Crippen LogP contribution in [0, 0.1) is 37.6 Å². The zero-order valence-electron chi connectivity index (χ0n) is 48.2.